The molecule has 1 aromatic rings. The lowest BCUT2D eigenvalue weighted by molar-refractivity contribution is 0.536. The molecule has 92 valence electrons. The molecule has 1 heterocycles. The highest BCUT2D eigenvalue weighted by Gasteiger charge is 2.11. The van der Waals surface area contributed by atoms with E-state index in [1.807, 2.05) is 11.7 Å². The molecule has 0 aromatic carbocycles. The molecule has 4 nitrogen and oxygen atoms in total. The maximum absolute atomic E-state index is 4.58. The first-order chi connectivity index (χ1) is 7.52. The molecule has 0 spiro atoms. The van der Waals surface area contributed by atoms with Gasteiger partial charge in [0, 0.05) is 25.9 Å². The maximum atomic E-state index is 4.58. The zero-order valence-corrected chi connectivity index (χ0v) is 11.1. The summed E-state index contributed by atoms with van der Waals surface area (Å²) in [6.45, 7) is 9.68. The van der Waals surface area contributed by atoms with E-state index in [4.69, 9.17) is 0 Å². The standard InChI is InChI=1S/C12H24N4/c1-6-13-10(4)8-12-14-11(7-9(2)3)15-16(12)5/h9-10,13H,6-8H2,1-5H3. The molecular formula is C12H24N4. The highest BCUT2D eigenvalue weighted by atomic mass is 15.3. The van der Waals surface area contributed by atoms with Crippen molar-refractivity contribution in [2.24, 2.45) is 13.0 Å². The zero-order chi connectivity index (χ0) is 12.1. The molecular weight excluding hydrogens is 200 g/mol. The molecule has 1 aromatic heterocycles. The Hall–Kier alpha value is -0.900. The molecule has 0 aliphatic heterocycles. The van der Waals surface area contributed by atoms with Crippen LogP contribution >= 0.6 is 0 Å². The molecule has 4 heteroatoms. The Morgan fingerprint density at radius 3 is 2.50 bits per heavy atom. The smallest absolute Gasteiger partial charge is 0.151 e. The molecule has 1 N–H and O–H groups in total. The normalized spacial score (nSPS) is 13.4. The third-order valence-corrected chi connectivity index (χ3v) is 2.53. The third-order valence-electron chi connectivity index (χ3n) is 2.53. The van der Waals surface area contributed by atoms with Crippen molar-refractivity contribution in [3.63, 3.8) is 0 Å². The second kappa shape index (κ2) is 5.99. The molecule has 0 amide bonds. The molecule has 16 heavy (non-hydrogen) atoms. The lowest BCUT2D eigenvalue weighted by Crippen LogP contribution is -2.28. The summed E-state index contributed by atoms with van der Waals surface area (Å²) in [5, 5.41) is 7.83. The first-order valence-electron chi connectivity index (χ1n) is 6.15. The lowest BCUT2D eigenvalue weighted by atomic mass is 10.1. The first-order valence-corrected chi connectivity index (χ1v) is 6.15. The van der Waals surface area contributed by atoms with Gasteiger partial charge in [-0.2, -0.15) is 5.10 Å². The number of aryl methyl sites for hydroxylation is 1. The minimum absolute atomic E-state index is 0.458. The largest absolute Gasteiger partial charge is 0.314 e. The van der Waals surface area contributed by atoms with Gasteiger partial charge in [-0.3, -0.25) is 4.68 Å². The van der Waals surface area contributed by atoms with Gasteiger partial charge >= 0.3 is 0 Å². The average Bonchev–Trinajstić information content (AvgIpc) is 2.45. The Labute approximate surface area is 98.5 Å². The van der Waals surface area contributed by atoms with E-state index in [9.17, 15) is 0 Å². The Bertz CT molecular complexity index is 317. The summed E-state index contributed by atoms with van der Waals surface area (Å²) in [5.74, 6) is 2.65. The van der Waals surface area contributed by atoms with Crippen molar-refractivity contribution < 1.29 is 0 Å². The van der Waals surface area contributed by atoms with Crippen LogP contribution in [0.3, 0.4) is 0 Å². The summed E-state index contributed by atoms with van der Waals surface area (Å²) in [4.78, 5) is 4.58. The molecule has 0 saturated heterocycles. The zero-order valence-electron chi connectivity index (χ0n) is 11.1. The highest BCUT2D eigenvalue weighted by molar-refractivity contribution is 4.95. The highest BCUT2D eigenvalue weighted by Crippen LogP contribution is 2.06. The molecule has 0 aliphatic carbocycles. The van der Waals surface area contributed by atoms with Crippen LogP contribution < -0.4 is 5.32 Å². The topological polar surface area (TPSA) is 42.7 Å². The van der Waals surface area contributed by atoms with Gasteiger partial charge in [0.2, 0.25) is 0 Å². The van der Waals surface area contributed by atoms with Crippen LogP contribution in [0, 0.1) is 5.92 Å². The number of likely N-dealkylation sites (N-methyl/N-ethyl adjacent to an activating group) is 1. The van der Waals surface area contributed by atoms with E-state index in [0.717, 1.165) is 31.0 Å². The molecule has 0 fully saturated rings. The van der Waals surface area contributed by atoms with Crippen LogP contribution in [0.15, 0.2) is 0 Å². The molecule has 1 atom stereocenters. The monoisotopic (exact) mass is 224 g/mol. The van der Waals surface area contributed by atoms with Crippen LogP contribution in [-0.2, 0) is 19.9 Å². The van der Waals surface area contributed by atoms with Gasteiger partial charge in [-0.25, -0.2) is 4.98 Å². The number of hydrogen-bond donors (Lipinski definition) is 1. The summed E-state index contributed by atoms with van der Waals surface area (Å²) in [5.41, 5.74) is 0. The molecule has 0 bridgehead atoms. The molecule has 0 saturated carbocycles. The van der Waals surface area contributed by atoms with Crippen molar-refractivity contribution in [1.82, 2.24) is 20.1 Å². The van der Waals surface area contributed by atoms with Crippen molar-refractivity contribution in [3.8, 4) is 0 Å². The first kappa shape index (κ1) is 13.2. The second-order valence-electron chi connectivity index (χ2n) is 4.83. The quantitative estimate of drug-likeness (QED) is 0.797. The Kier molecular flexibility index (Phi) is 4.93. The number of aromatic nitrogens is 3. The number of hydrogen-bond acceptors (Lipinski definition) is 3. The number of nitrogens with one attached hydrogen (secondary N) is 1. The van der Waals surface area contributed by atoms with Crippen LogP contribution in [0.1, 0.15) is 39.3 Å². The van der Waals surface area contributed by atoms with Gasteiger partial charge < -0.3 is 5.32 Å². The van der Waals surface area contributed by atoms with E-state index in [-0.39, 0.29) is 0 Å². The Morgan fingerprint density at radius 2 is 1.94 bits per heavy atom. The minimum atomic E-state index is 0.458. The van der Waals surface area contributed by atoms with Gasteiger partial charge in [-0.15, -0.1) is 0 Å². The van der Waals surface area contributed by atoms with Crippen LogP contribution in [0.2, 0.25) is 0 Å². The van der Waals surface area contributed by atoms with Gasteiger partial charge in [0.05, 0.1) is 0 Å². The van der Waals surface area contributed by atoms with E-state index in [0.29, 0.717) is 12.0 Å². The fourth-order valence-electron chi connectivity index (χ4n) is 1.80. The predicted molar refractivity (Wildman–Crippen MR) is 66.4 cm³/mol. The SMILES string of the molecule is CCNC(C)Cc1nc(CC(C)C)nn1C. The fourth-order valence-corrected chi connectivity index (χ4v) is 1.80. The summed E-state index contributed by atoms with van der Waals surface area (Å²) in [7, 11) is 1.98. The van der Waals surface area contributed by atoms with E-state index in [1.54, 1.807) is 0 Å². The second-order valence-corrected chi connectivity index (χ2v) is 4.83. The molecule has 0 aliphatic rings. The van der Waals surface area contributed by atoms with Crippen molar-refractivity contribution in [2.45, 2.75) is 46.6 Å². The van der Waals surface area contributed by atoms with Gasteiger partial charge in [0.25, 0.3) is 0 Å². The molecule has 1 unspecified atom stereocenters. The Balaban J connectivity index is 2.62. The Morgan fingerprint density at radius 1 is 1.25 bits per heavy atom. The summed E-state index contributed by atoms with van der Waals surface area (Å²) < 4.78 is 1.91. The number of rotatable bonds is 6. The van der Waals surface area contributed by atoms with Gasteiger partial charge in [-0.05, 0) is 19.4 Å². The number of nitrogens with zero attached hydrogens (tertiary/aromatic N) is 3. The van der Waals surface area contributed by atoms with E-state index in [2.05, 4.69) is 43.1 Å². The summed E-state index contributed by atoms with van der Waals surface area (Å²) >= 11 is 0. The van der Waals surface area contributed by atoms with E-state index in [1.165, 1.54) is 0 Å². The van der Waals surface area contributed by atoms with Gasteiger partial charge in [0.15, 0.2) is 5.82 Å². The summed E-state index contributed by atoms with van der Waals surface area (Å²) in [6.07, 6.45) is 1.90. The van der Waals surface area contributed by atoms with Gasteiger partial charge in [0.1, 0.15) is 5.82 Å². The van der Waals surface area contributed by atoms with Crippen LogP contribution in [0.4, 0.5) is 0 Å². The minimum Gasteiger partial charge on any atom is -0.314 e. The van der Waals surface area contributed by atoms with Crippen molar-refractivity contribution in [2.75, 3.05) is 6.54 Å². The lowest BCUT2D eigenvalue weighted by Gasteiger charge is -2.10. The maximum Gasteiger partial charge on any atom is 0.151 e. The van der Waals surface area contributed by atoms with Crippen LogP contribution in [0.25, 0.3) is 0 Å². The molecule has 0 radical (unpaired) electrons. The van der Waals surface area contributed by atoms with Crippen LogP contribution in [-0.4, -0.2) is 27.4 Å². The van der Waals surface area contributed by atoms with Crippen molar-refractivity contribution in [3.05, 3.63) is 11.6 Å². The van der Waals surface area contributed by atoms with Crippen molar-refractivity contribution in [1.29, 1.82) is 0 Å². The van der Waals surface area contributed by atoms with Crippen LogP contribution in [0.5, 0.6) is 0 Å². The van der Waals surface area contributed by atoms with Crippen molar-refractivity contribution >= 4 is 0 Å². The third kappa shape index (κ3) is 3.93. The van der Waals surface area contributed by atoms with E-state index < -0.39 is 0 Å². The van der Waals surface area contributed by atoms with Gasteiger partial charge in [-0.1, -0.05) is 20.8 Å². The summed E-state index contributed by atoms with van der Waals surface area (Å²) in [6, 6.07) is 0.458. The predicted octanol–water partition coefficient (Wildman–Crippen LogP) is 1.55. The fraction of sp³-hybridized carbons (Fsp3) is 0.833. The molecule has 1 rings (SSSR count). The average molecular weight is 224 g/mol. The van der Waals surface area contributed by atoms with E-state index >= 15 is 0 Å².